The Bertz CT molecular complexity index is 631. The van der Waals surface area contributed by atoms with Gasteiger partial charge in [0.2, 0.25) is 11.8 Å². The molecule has 0 N–H and O–H groups in total. The highest BCUT2D eigenvalue weighted by atomic mass is 16.2. The Labute approximate surface area is 136 Å². The lowest BCUT2D eigenvalue weighted by Gasteiger charge is -2.22. The Morgan fingerprint density at radius 1 is 1.22 bits per heavy atom. The van der Waals surface area contributed by atoms with E-state index in [0.29, 0.717) is 17.7 Å². The third kappa shape index (κ3) is 4.15. The van der Waals surface area contributed by atoms with Crippen LogP contribution >= 0.6 is 0 Å². The van der Waals surface area contributed by atoms with E-state index in [2.05, 4.69) is 12.0 Å². The number of imide groups is 1. The maximum Gasteiger partial charge on any atom is 0.241 e. The highest BCUT2D eigenvalue weighted by Gasteiger charge is 2.30. The number of carbonyl (C=O) groups excluding carboxylic acids is 3. The number of unbranched alkanes of at least 4 members (excludes halogenated alkanes) is 4. The van der Waals surface area contributed by atoms with Gasteiger partial charge in [0.25, 0.3) is 0 Å². The maximum atomic E-state index is 12.3. The number of rotatable bonds is 7. The molecule has 0 saturated heterocycles. The molecule has 1 aliphatic rings. The largest absolute Gasteiger partial charge is 0.293 e. The maximum absolute atomic E-state index is 12.3. The minimum absolute atomic E-state index is 0.237. The van der Waals surface area contributed by atoms with Crippen molar-refractivity contribution in [2.75, 3.05) is 0 Å². The summed E-state index contributed by atoms with van der Waals surface area (Å²) >= 11 is 0. The van der Waals surface area contributed by atoms with E-state index in [-0.39, 0.29) is 18.1 Å². The standard InChI is InChI=1S/C17H23N3O3/c1-3-4-5-6-7-8-16(22)20-12-13(15(21)11-17(20)23)14-9-10-18-19(14)2/h9-10,12H,3-8,11H2,1-2H3. The summed E-state index contributed by atoms with van der Waals surface area (Å²) in [4.78, 5) is 37.5. The van der Waals surface area contributed by atoms with E-state index in [4.69, 9.17) is 0 Å². The van der Waals surface area contributed by atoms with Gasteiger partial charge in [0, 0.05) is 25.9 Å². The highest BCUT2D eigenvalue weighted by molar-refractivity contribution is 6.29. The number of nitrogens with zero attached hydrogens (tertiary/aromatic N) is 3. The van der Waals surface area contributed by atoms with Gasteiger partial charge in [0.15, 0.2) is 5.78 Å². The summed E-state index contributed by atoms with van der Waals surface area (Å²) < 4.78 is 1.56. The van der Waals surface area contributed by atoms with Gasteiger partial charge < -0.3 is 0 Å². The summed E-state index contributed by atoms with van der Waals surface area (Å²) in [7, 11) is 1.72. The van der Waals surface area contributed by atoms with E-state index in [1.54, 1.807) is 24.0 Å². The first-order valence-electron chi connectivity index (χ1n) is 8.13. The van der Waals surface area contributed by atoms with Crippen LogP contribution in [0.4, 0.5) is 0 Å². The topological polar surface area (TPSA) is 72.3 Å². The van der Waals surface area contributed by atoms with Crippen LogP contribution in [0.25, 0.3) is 5.57 Å². The Morgan fingerprint density at radius 2 is 1.96 bits per heavy atom. The fraction of sp³-hybridized carbons (Fsp3) is 0.529. The van der Waals surface area contributed by atoms with E-state index in [1.165, 1.54) is 6.20 Å². The monoisotopic (exact) mass is 317 g/mol. The zero-order chi connectivity index (χ0) is 16.8. The molecule has 1 aliphatic heterocycles. The fourth-order valence-corrected chi connectivity index (χ4v) is 2.65. The molecule has 0 unspecified atom stereocenters. The van der Waals surface area contributed by atoms with Crippen molar-refractivity contribution in [3.63, 3.8) is 0 Å². The quantitative estimate of drug-likeness (QED) is 0.572. The number of ketones is 1. The van der Waals surface area contributed by atoms with E-state index in [1.807, 2.05) is 0 Å². The molecule has 0 radical (unpaired) electrons. The van der Waals surface area contributed by atoms with Crippen LogP contribution in [-0.2, 0) is 21.4 Å². The Kier molecular flexibility index (Phi) is 5.84. The predicted molar refractivity (Wildman–Crippen MR) is 86.0 cm³/mol. The predicted octanol–water partition coefficient (Wildman–Crippen LogP) is 2.45. The molecule has 2 amide bonds. The minimum Gasteiger partial charge on any atom is -0.293 e. The summed E-state index contributed by atoms with van der Waals surface area (Å²) in [5.41, 5.74) is 0.979. The zero-order valence-electron chi connectivity index (χ0n) is 13.7. The smallest absolute Gasteiger partial charge is 0.241 e. The normalized spacial score (nSPS) is 15.0. The van der Waals surface area contributed by atoms with E-state index in [0.717, 1.165) is 37.0 Å². The first kappa shape index (κ1) is 17.1. The van der Waals surface area contributed by atoms with E-state index < -0.39 is 5.91 Å². The second kappa shape index (κ2) is 7.85. The molecular weight excluding hydrogens is 294 g/mol. The molecule has 1 aromatic rings. The average molecular weight is 317 g/mol. The van der Waals surface area contributed by atoms with Crippen LogP contribution in [0.2, 0.25) is 0 Å². The first-order chi connectivity index (χ1) is 11.0. The third-order valence-corrected chi connectivity index (χ3v) is 4.00. The molecule has 6 nitrogen and oxygen atoms in total. The number of aromatic nitrogens is 2. The molecule has 0 saturated carbocycles. The summed E-state index contributed by atoms with van der Waals surface area (Å²) in [6.07, 6.45) is 8.20. The van der Waals surface area contributed by atoms with Crippen molar-refractivity contribution in [1.29, 1.82) is 0 Å². The van der Waals surface area contributed by atoms with Crippen molar-refractivity contribution in [2.24, 2.45) is 7.05 Å². The van der Waals surface area contributed by atoms with Crippen molar-refractivity contribution in [3.8, 4) is 0 Å². The molecule has 2 rings (SSSR count). The molecule has 0 atom stereocenters. The van der Waals surface area contributed by atoms with Crippen LogP contribution < -0.4 is 0 Å². The van der Waals surface area contributed by atoms with Crippen molar-refractivity contribution < 1.29 is 14.4 Å². The Hall–Kier alpha value is -2.24. The van der Waals surface area contributed by atoms with Crippen LogP contribution in [-0.4, -0.2) is 32.3 Å². The Morgan fingerprint density at radius 3 is 2.61 bits per heavy atom. The van der Waals surface area contributed by atoms with Gasteiger partial charge in [-0.2, -0.15) is 5.10 Å². The SMILES string of the molecule is CCCCCCCC(=O)N1C=C(c2ccnn2C)C(=O)CC1=O. The third-order valence-electron chi connectivity index (χ3n) is 4.00. The number of aryl methyl sites for hydroxylation is 1. The summed E-state index contributed by atoms with van der Waals surface area (Å²) in [6, 6.07) is 1.70. The van der Waals surface area contributed by atoms with Crippen LogP contribution in [0.1, 0.15) is 57.6 Å². The molecule has 0 bridgehead atoms. The van der Waals surface area contributed by atoms with Crippen LogP contribution in [0.3, 0.4) is 0 Å². The summed E-state index contributed by atoms with van der Waals surface area (Å²) in [5.74, 6) is -0.955. The molecule has 0 fully saturated rings. The van der Waals surface area contributed by atoms with Gasteiger partial charge >= 0.3 is 0 Å². The lowest BCUT2D eigenvalue weighted by Crippen LogP contribution is -2.37. The van der Waals surface area contributed by atoms with E-state index in [9.17, 15) is 14.4 Å². The van der Waals surface area contributed by atoms with Crippen molar-refractivity contribution >= 4 is 23.2 Å². The number of hydrogen-bond acceptors (Lipinski definition) is 4. The lowest BCUT2D eigenvalue weighted by molar-refractivity contribution is -0.142. The fourth-order valence-electron chi connectivity index (χ4n) is 2.65. The second-order valence-electron chi connectivity index (χ2n) is 5.80. The van der Waals surface area contributed by atoms with Crippen molar-refractivity contribution in [1.82, 2.24) is 14.7 Å². The molecular formula is C17H23N3O3. The highest BCUT2D eigenvalue weighted by Crippen LogP contribution is 2.23. The van der Waals surface area contributed by atoms with Gasteiger partial charge in [-0.1, -0.05) is 32.6 Å². The first-order valence-corrected chi connectivity index (χ1v) is 8.13. The minimum atomic E-state index is -0.445. The van der Waals surface area contributed by atoms with Gasteiger partial charge in [-0.05, 0) is 12.5 Å². The molecule has 124 valence electrons. The molecule has 1 aromatic heterocycles. The molecule has 2 heterocycles. The van der Waals surface area contributed by atoms with Crippen molar-refractivity contribution in [3.05, 3.63) is 24.2 Å². The Balaban J connectivity index is 2.06. The summed E-state index contributed by atoms with van der Waals surface area (Å²) in [6.45, 7) is 2.14. The average Bonchev–Trinajstić information content (AvgIpc) is 2.93. The van der Waals surface area contributed by atoms with Crippen LogP contribution in [0, 0.1) is 0 Å². The number of allylic oxidation sites excluding steroid dienone is 1. The van der Waals surface area contributed by atoms with Gasteiger partial charge in [-0.25, -0.2) is 0 Å². The van der Waals surface area contributed by atoms with Crippen molar-refractivity contribution in [2.45, 2.75) is 51.9 Å². The van der Waals surface area contributed by atoms with Crippen LogP contribution in [0.15, 0.2) is 18.5 Å². The van der Waals surface area contributed by atoms with Gasteiger partial charge in [-0.3, -0.25) is 24.0 Å². The zero-order valence-corrected chi connectivity index (χ0v) is 13.7. The summed E-state index contributed by atoms with van der Waals surface area (Å²) in [5, 5.41) is 4.03. The van der Waals surface area contributed by atoms with Gasteiger partial charge in [0.1, 0.15) is 0 Å². The molecule has 0 aromatic carbocycles. The number of amides is 2. The number of carbonyl (C=O) groups is 3. The van der Waals surface area contributed by atoms with E-state index >= 15 is 0 Å². The van der Waals surface area contributed by atoms with Gasteiger partial charge in [0.05, 0.1) is 17.7 Å². The molecule has 23 heavy (non-hydrogen) atoms. The number of Topliss-reactive ketones (excluding diaryl/α,β-unsaturated/α-hetero) is 1. The second-order valence-corrected chi connectivity index (χ2v) is 5.80. The van der Waals surface area contributed by atoms with Crippen LogP contribution in [0.5, 0.6) is 0 Å². The molecule has 6 heteroatoms. The lowest BCUT2D eigenvalue weighted by atomic mass is 10.0. The molecule has 0 aliphatic carbocycles. The van der Waals surface area contributed by atoms with Gasteiger partial charge in [-0.15, -0.1) is 0 Å². The number of hydrogen-bond donors (Lipinski definition) is 0. The molecule has 0 spiro atoms.